The Morgan fingerprint density at radius 3 is 1.17 bits per heavy atom. The zero-order chi connectivity index (χ0) is 32.5. The van der Waals surface area contributed by atoms with Crippen LogP contribution >= 0.6 is 0 Å². The van der Waals surface area contributed by atoms with Gasteiger partial charge in [-0.1, -0.05) is 93.6 Å². The van der Waals surface area contributed by atoms with Gasteiger partial charge in [-0.2, -0.15) is 0 Å². The molecule has 0 atom stereocenters. The number of anilines is 2. The van der Waals surface area contributed by atoms with Crippen molar-refractivity contribution in [1.82, 2.24) is 0 Å². The van der Waals surface area contributed by atoms with Crippen molar-refractivity contribution in [3.8, 4) is 23.0 Å². The molecule has 4 aromatic carbocycles. The molecule has 2 heterocycles. The van der Waals surface area contributed by atoms with Crippen LogP contribution in [0.3, 0.4) is 0 Å². The molecule has 0 saturated carbocycles. The van der Waals surface area contributed by atoms with E-state index in [9.17, 15) is 0 Å². The number of nitrogens with zero attached hydrogens (tertiary/aromatic N) is 2. The topological polar surface area (TPSA) is 24.9 Å². The van der Waals surface area contributed by atoms with Crippen molar-refractivity contribution in [3.63, 3.8) is 0 Å². The van der Waals surface area contributed by atoms with Gasteiger partial charge in [-0.25, -0.2) is 0 Å². The molecule has 4 aromatic rings. The molecule has 4 bridgehead atoms. The Bertz CT molecular complexity index is 2000. The third-order valence-electron chi connectivity index (χ3n) is 8.52. The van der Waals surface area contributed by atoms with E-state index in [1.807, 2.05) is 109 Å². The van der Waals surface area contributed by atoms with Gasteiger partial charge < -0.3 is 19.3 Å². The second-order valence-corrected chi connectivity index (χ2v) is 11.5. The molecule has 2 fully saturated rings. The van der Waals surface area contributed by atoms with E-state index in [2.05, 4.69) is 67.0 Å². The van der Waals surface area contributed by atoms with E-state index in [1.54, 1.807) is 0 Å². The molecule has 4 nitrogen and oxygen atoms in total. The number of allylic oxidation sites excluding steroid dienone is 8. The quantitative estimate of drug-likeness (QED) is 0.217. The van der Waals surface area contributed by atoms with E-state index >= 15 is 0 Å². The smallest absolute Gasteiger partial charge is 0.127 e. The predicted molar refractivity (Wildman–Crippen MR) is 194 cm³/mol. The number of benzene rings is 4. The first-order valence-corrected chi connectivity index (χ1v) is 15.4. The molecular formula is C43H34N2O2. The Morgan fingerprint density at radius 2 is 0.766 bits per heavy atom. The first-order valence-electron chi connectivity index (χ1n) is 15.4. The summed E-state index contributed by atoms with van der Waals surface area (Å²) in [5.74, 6) is 3.09. The standard InChI is InChI=1S/C43H34N2O2/c1-29-42-26-16-34-28-35(31(3)44(30(34)2)36-18-22-40(23-19-36)46-38-12-8-6-9-13-38)17-27-43(29)33(5)45(32(42)4)37-20-24-41(25-21-37)47-39-14-10-7-11-15-39/h6-27H,1-5,28H2/b34-16+,35-17+,42-26+,43-27+. The summed E-state index contributed by atoms with van der Waals surface area (Å²) in [6, 6.07) is 35.5. The fraction of sp³-hybridized carbons (Fsp3) is 0.0233. The molecule has 3 aliphatic rings. The summed E-state index contributed by atoms with van der Waals surface area (Å²) in [7, 11) is 0. The van der Waals surface area contributed by atoms with Gasteiger partial charge in [-0.15, -0.1) is 0 Å². The van der Waals surface area contributed by atoms with E-state index < -0.39 is 0 Å². The van der Waals surface area contributed by atoms with Crippen molar-refractivity contribution in [2.45, 2.75) is 6.42 Å². The van der Waals surface area contributed by atoms with Crippen LogP contribution in [0.25, 0.3) is 0 Å². The lowest BCUT2D eigenvalue weighted by molar-refractivity contribution is 0.482. The Labute approximate surface area is 276 Å². The lowest BCUT2D eigenvalue weighted by atomic mass is 9.85. The number of ether oxygens (including phenoxy) is 2. The Hall–Kier alpha value is -6.26. The zero-order valence-electron chi connectivity index (χ0n) is 26.2. The molecule has 4 heteroatoms. The van der Waals surface area contributed by atoms with E-state index in [1.165, 1.54) is 0 Å². The van der Waals surface area contributed by atoms with Crippen LogP contribution in [0.5, 0.6) is 23.0 Å². The van der Waals surface area contributed by atoms with Crippen LogP contribution in [0.15, 0.2) is 217 Å². The van der Waals surface area contributed by atoms with Crippen LogP contribution < -0.4 is 19.3 Å². The molecule has 0 unspecified atom stereocenters. The van der Waals surface area contributed by atoms with E-state index in [-0.39, 0.29) is 0 Å². The maximum atomic E-state index is 6.02. The minimum atomic E-state index is 0.703. The molecule has 228 valence electrons. The number of piperidine rings is 2. The fourth-order valence-corrected chi connectivity index (χ4v) is 6.03. The van der Waals surface area contributed by atoms with Gasteiger partial charge in [0.2, 0.25) is 0 Å². The van der Waals surface area contributed by atoms with Gasteiger partial charge in [0, 0.05) is 51.7 Å². The molecule has 0 amide bonds. The largest absolute Gasteiger partial charge is 0.457 e. The molecule has 0 radical (unpaired) electrons. The summed E-state index contributed by atoms with van der Waals surface area (Å²) in [4.78, 5) is 4.17. The lowest BCUT2D eigenvalue weighted by Crippen LogP contribution is -2.30. The second kappa shape index (κ2) is 12.3. The normalized spacial score (nSPS) is 20.6. The maximum Gasteiger partial charge on any atom is 0.127 e. The highest BCUT2D eigenvalue weighted by atomic mass is 16.5. The third-order valence-corrected chi connectivity index (χ3v) is 8.52. The molecule has 2 saturated heterocycles. The van der Waals surface area contributed by atoms with Crippen LogP contribution in [0.1, 0.15) is 6.42 Å². The monoisotopic (exact) mass is 610 g/mol. The molecule has 0 aromatic heterocycles. The maximum absolute atomic E-state index is 6.02. The average molecular weight is 611 g/mol. The molecule has 1 aliphatic carbocycles. The molecular weight excluding hydrogens is 576 g/mol. The zero-order valence-corrected chi connectivity index (χ0v) is 26.2. The highest BCUT2D eigenvalue weighted by molar-refractivity contribution is 5.79. The van der Waals surface area contributed by atoms with Crippen molar-refractivity contribution in [2.75, 3.05) is 9.80 Å². The van der Waals surface area contributed by atoms with E-state index in [0.717, 1.165) is 85.0 Å². The van der Waals surface area contributed by atoms with Gasteiger partial charge in [0.15, 0.2) is 0 Å². The highest BCUT2D eigenvalue weighted by Crippen LogP contribution is 2.45. The minimum absolute atomic E-state index is 0.703. The van der Waals surface area contributed by atoms with Crippen molar-refractivity contribution < 1.29 is 9.47 Å². The van der Waals surface area contributed by atoms with Crippen LogP contribution in [0.4, 0.5) is 11.4 Å². The lowest BCUT2D eigenvalue weighted by Gasteiger charge is -2.39. The van der Waals surface area contributed by atoms with E-state index in [4.69, 9.17) is 9.47 Å². The van der Waals surface area contributed by atoms with E-state index in [0.29, 0.717) is 6.42 Å². The molecule has 7 rings (SSSR count). The van der Waals surface area contributed by atoms with Crippen molar-refractivity contribution in [3.05, 3.63) is 217 Å². The van der Waals surface area contributed by atoms with Crippen molar-refractivity contribution in [1.29, 1.82) is 0 Å². The fourth-order valence-electron chi connectivity index (χ4n) is 6.03. The molecule has 0 spiro atoms. The summed E-state index contributed by atoms with van der Waals surface area (Å²) in [5.41, 5.74) is 10.1. The Morgan fingerprint density at radius 1 is 0.404 bits per heavy atom. The summed E-state index contributed by atoms with van der Waals surface area (Å²) in [6.45, 7) is 22.5. The van der Waals surface area contributed by atoms with Gasteiger partial charge in [0.05, 0.1) is 0 Å². The van der Waals surface area contributed by atoms with Crippen LogP contribution in [-0.2, 0) is 0 Å². The highest BCUT2D eigenvalue weighted by Gasteiger charge is 2.31. The molecule has 0 N–H and O–H groups in total. The second-order valence-electron chi connectivity index (χ2n) is 11.5. The first-order chi connectivity index (χ1) is 22.9. The van der Waals surface area contributed by atoms with Gasteiger partial charge in [0.25, 0.3) is 0 Å². The van der Waals surface area contributed by atoms with Crippen LogP contribution in [0.2, 0.25) is 0 Å². The van der Waals surface area contributed by atoms with Crippen LogP contribution in [-0.4, -0.2) is 0 Å². The SMILES string of the molecule is C=C1/C2=C\C=C3/C/C(=C\C=C/1C(=C)N(c1ccc(Oc4ccccc4)cc1)C2=C)C(=C)N(c1ccc(Oc2ccccc2)cc1)C3=C. The Kier molecular flexibility index (Phi) is 7.68. The number of rotatable bonds is 6. The molecule has 47 heavy (non-hydrogen) atoms. The third kappa shape index (κ3) is 5.69. The van der Waals surface area contributed by atoms with Gasteiger partial charge in [0.1, 0.15) is 23.0 Å². The van der Waals surface area contributed by atoms with Gasteiger partial charge in [-0.3, -0.25) is 0 Å². The van der Waals surface area contributed by atoms with Crippen molar-refractivity contribution >= 4 is 11.4 Å². The average Bonchev–Trinajstić information content (AvgIpc) is 3.08. The minimum Gasteiger partial charge on any atom is -0.457 e. The van der Waals surface area contributed by atoms with Crippen molar-refractivity contribution in [2.24, 2.45) is 0 Å². The number of hydrogen-bond acceptors (Lipinski definition) is 4. The number of hydrogen-bond donors (Lipinski definition) is 0. The summed E-state index contributed by atoms with van der Waals surface area (Å²) in [6.07, 6.45) is 9.14. The Balaban J connectivity index is 1.19. The van der Waals surface area contributed by atoms with Gasteiger partial charge >= 0.3 is 0 Å². The van der Waals surface area contributed by atoms with Gasteiger partial charge in [-0.05, 0) is 89.5 Å². The first kappa shape index (κ1) is 29.5. The predicted octanol–water partition coefficient (Wildman–Crippen LogP) is 11.3. The summed E-state index contributed by atoms with van der Waals surface area (Å²) < 4.78 is 12.0. The number of para-hydroxylation sites is 2. The summed E-state index contributed by atoms with van der Waals surface area (Å²) >= 11 is 0. The summed E-state index contributed by atoms with van der Waals surface area (Å²) in [5, 5.41) is 0. The number of fused-ring (bicyclic) bond motifs is 4. The molecule has 2 aliphatic heterocycles. The van der Waals surface area contributed by atoms with Crippen LogP contribution in [0, 0.1) is 0 Å².